The minimum absolute atomic E-state index is 0.0204. The van der Waals surface area contributed by atoms with E-state index in [1.54, 1.807) is 35.4 Å². The van der Waals surface area contributed by atoms with Gasteiger partial charge in [-0.2, -0.15) is 0 Å². The number of nitrogens with zero attached hydrogens (tertiary/aromatic N) is 2. The number of unbranched alkanes of at least 4 members (excludes halogenated alkanes) is 1. The third-order valence-corrected chi connectivity index (χ3v) is 5.89. The minimum atomic E-state index is -0.720. The number of carbonyl (C=O) groups excluding carboxylic acids is 3. The van der Waals surface area contributed by atoms with Gasteiger partial charge in [0.25, 0.3) is 5.91 Å². The molecule has 2 atom stereocenters. The van der Waals surface area contributed by atoms with Crippen LogP contribution in [0, 0.1) is 0 Å². The molecule has 0 radical (unpaired) electrons. The Labute approximate surface area is 209 Å². The molecule has 2 amide bonds. The number of esters is 1. The fraction of sp³-hybridized carbons (Fsp3) is 0.333. The monoisotopic (exact) mass is 491 g/mol. The second-order valence-electron chi connectivity index (χ2n) is 8.54. The first-order valence-corrected chi connectivity index (χ1v) is 12.0. The average molecular weight is 492 g/mol. The number of hydrogen-bond acceptors (Lipinski definition) is 7. The van der Waals surface area contributed by atoms with E-state index < -0.39 is 12.1 Å². The number of hydrogen-bond donors (Lipinski definition) is 1. The lowest BCUT2D eigenvalue weighted by Gasteiger charge is -2.45. The summed E-state index contributed by atoms with van der Waals surface area (Å²) in [4.78, 5) is 41.8. The zero-order valence-electron chi connectivity index (χ0n) is 19.9. The number of β-lactam (4-membered cyclic amide) rings is 1. The molecule has 1 aliphatic heterocycles. The molecule has 0 saturated carbocycles. The molecule has 0 bridgehead atoms. The van der Waals surface area contributed by atoms with Gasteiger partial charge in [0.15, 0.2) is 0 Å². The van der Waals surface area contributed by atoms with Gasteiger partial charge < -0.3 is 24.5 Å². The second kappa shape index (κ2) is 12.0. The van der Waals surface area contributed by atoms with Crippen LogP contribution in [0.2, 0.25) is 0 Å². The molecule has 3 aromatic rings. The summed E-state index contributed by atoms with van der Waals surface area (Å²) < 4.78 is 17.3. The smallest absolute Gasteiger partial charge is 0.306 e. The first kappa shape index (κ1) is 25.0. The Morgan fingerprint density at radius 1 is 1.00 bits per heavy atom. The van der Waals surface area contributed by atoms with Gasteiger partial charge in [0, 0.05) is 37.7 Å². The predicted molar refractivity (Wildman–Crippen MR) is 129 cm³/mol. The van der Waals surface area contributed by atoms with Crippen LogP contribution < -0.4 is 10.5 Å². The molecule has 2 unspecified atom stereocenters. The highest BCUT2D eigenvalue weighted by molar-refractivity contribution is 5.89. The number of benzene rings is 1. The van der Waals surface area contributed by atoms with E-state index in [4.69, 9.17) is 19.6 Å². The summed E-state index contributed by atoms with van der Waals surface area (Å²) in [6, 6.07) is 18.0. The van der Waals surface area contributed by atoms with Crippen molar-refractivity contribution in [2.24, 2.45) is 5.73 Å². The molecule has 1 fully saturated rings. The minimum Gasteiger partial charge on any atom is -0.478 e. The molecule has 3 heterocycles. The Hall–Kier alpha value is -4.14. The first-order valence-electron chi connectivity index (χ1n) is 12.0. The van der Waals surface area contributed by atoms with Gasteiger partial charge in [0.2, 0.25) is 12.0 Å². The van der Waals surface area contributed by atoms with Crippen LogP contribution in [-0.2, 0) is 32.1 Å². The van der Waals surface area contributed by atoms with Crippen LogP contribution in [0.4, 0.5) is 0 Å². The van der Waals surface area contributed by atoms with Crippen LogP contribution in [0.25, 0.3) is 0 Å². The third kappa shape index (κ3) is 6.50. The van der Waals surface area contributed by atoms with Crippen molar-refractivity contribution < 1.29 is 28.3 Å². The van der Waals surface area contributed by atoms with Crippen LogP contribution in [0.3, 0.4) is 0 Å². The normalized spacial score (nSPS) is 16.9. The van der Waals surface area contributed by atoms with Crippen LogP contribution >= 0.6 is 0 Å². The number of rotatable bonds is 13. The summed E-state index contributed by atoms with van der Waals surface area (Å²) in [7, 11) is 0. The maximum Gasteiger partial charge on any atom is 0.306 e. The average Bonchev–Trinajstić information content (AvgIpc) is 3.35. The standard InChI is InChI=1S/C27H29N3O6/c28-23(31)11-4-5-12-24(32)34-18-21-13-14-22(35-21)25-26(36-20-9-2-1-3-10-20)27(33)30(25)17-15-19-8-6-7-16-29-19/h1-3,6-10,13-14,16,25-26H,4-5,11-12,15,17-18H2,(H2,28,31). The van der Waals surface area contributed by atoms with E-state index in [1.165, 1.54) is 0 Å². The van der Waals surface area contributed by atoms with E-state index in [1.807, 2.05) is 36.4 Å². The molecule has 0 aliphatic carbocycles. The number of likely N-dealkylation sites (tertiary alicyclic amines) is 1. The molecule has 1 aliphatic rings. The van der Waals surface area contributed by atoms with E-state index in [0.717, 1.165) is 5.69 Å². The molecule has 9 nitrogen and oxygen atoms in total. The number of para-hydroxylation sites is 1. The van der Waals surface area contributed by atoms with Crippen LogP contribution in [-0.4, -0.2) is 40.3 Å². The van der Waals surface area contributed by atoms with Crippen LogP contribution in [0.15, 0.2) is 71.3 Å². The Morgan fingerprint density at radius 3 is 2.53 bits per heavy atom. The van der Waals surface area contributed by atoms with Crippen LogP contribution in [0.5, 0.6) is 5.75 Å². The lowest BCUT2D eigenvalue weighted by atomic mass is 9.94. The number of primary amides is 1. The van der Waals surface area contributed by atoms with Crippen molar-refractivity contribution >= 4 is 17.8 Å². The summed E-state index contributed by atoms with van der Waals surface area (Å²) in [6.07, 6.45) is 3.13. The van der Waals surface area contributed by atoms with E-state index in [2.05, 4.69) is 4.98 Å². The number of carbonyl (C=O) groups is 3. The number of aromatic nitrogens is 1. The number of amides is 2. The predicted octanol–water partition coefficient (Wildman–Crippen LogP) is 3.34. The lowest BCUT2D eigenvalue weighted by Crippen LogP contribution is -2.61. The van der Waals surface area contributed by atoms with Gasteiger partial charge in [-0.3, -0.25) is 19.4 Å². The van der Waals surface area contributed by atoms with Gasteiger partial charge in [-0.1, -0.05) is 24.3 Å². The molecule has 36 heavy (non-hydrogen) atoms. The first-order chi connectivity index (χ1) is 17.5. The van der Waals surface area contributed by atoms with Crippen molar-refractivity contribution in [2.45, 2.75) is 50.9 Å². The third-order valence-electron chi connectivity index (χ3n) is 5.89. The largest absolute Gasteiger partial charge is 0.478 e. The van der Waals surface area contributed by atoms with E-state index in [9.17, 15) is 14.4 Å². The second-order valence-corrected chi connectivity index (χ2v) is 8.54. The fourth-order valence-corrected chi connectivity index (χ4v) is 4.03. The van der Waals surface area contributed by atoms with E-state index in [-0.39, 0.29) is 37.2 Å². The Morgan fingerprint density at radius 2 is 1.78 bits per heavy atom. The molecular weight excluding hydrogens is 462 g/mol. The number of furan rings is 1. The quantitative estimate of drug-likeness (QED) is 0.221. The van der Waals surface area contributed by atoms with Crippen LogP contribution in [0.1, 0.15) is 48.9 Å². The highest BCUT2D eigenvalue weighted by atomic mass is 16.5. The zero-order valence-corrected chi connectivity index (χ0v) is 19.9. The molecule has 188 valence electrons. The summed E-state index contributed by atoms with van der Waals surface area (Å²) in [5.41, 5.74) is 5.99. The van der Waals surface area contributed by atoms with Gasteiger partial charge in [0.1, 0.15) is 29.9 Å². The lowest BCUT2D eigenvalue weighted by molar-refractivity contribution is -0.165. The number of nitrogens with two attached hydrogens (primary N) is 1. The molecule has 4 rings (SSSR count). The van der Waals surface area contributed by atoms with Crippen molar-refractivity contribution in [3.8, 4) is 5.75 Å². The van der Waals surface area contributed by atoms with E-state index >= 15 is 0 Å². The molecule has 0 spiro atoms. The SMILES string of the molecule is NC(=O)CCCCC(=O)OCc1ccc(C2C(Oc3ccccc3)C(=O)N2CCc2ccccn2)o1. The molecule has 1 saturated heterocycles. The summed E-state index contributed by atoms with van der Waals surface area (Å²) >= 11 is 0. The molecule has 9 heteroatoms. The Bertz CT molecular complexity index is 1160. The van der Waals surface area contributed by atoms with Crippen molar-refractivity contribution in [3.63, 3.8) is 0 Å². The molecule has 2 N–H and O–H groups in total. The van der Waals surface area contributed by atoms with Crippen molar-refractivity contribution in [2.75, 3.05) is 6.54 Å². The fourth-order valence-electron chi connectivity index (χ4n) is 4.03. The Kier molecular flexibility index (Phi) is 8.33. The highest BCUT2D eigenvalue weighted by Gasteiger charge is 2.51. The van der Waals surface area contributed by atoms with Crippen molar-refractivity contribution in [1.82, 2.24) is 9.88 Å². The molecular formula is C27H29N3O6. The molecule has 2 aromatic heterocycles. The zero-order chi connectivity index (χ0) is 25.3. The van der Waals surface area contributed by atoms with Gasteiger partial charge in [-0.15, -0.1) is 0 Å². The summed E-state index contributed by atoms with van der Waals surface area (Å²) in [5, 5.41) is 0. The summed E-state index contributed by atoms with van der Waals surface area (Å²) in [5.74, 6) is 0.743. The topological polar surface area (TPSA) is 125 Å². The van der Waals surface area contributed by atoms with Gasteiger partial charge in [-0.25, -0.2) is 0 Å². The molecule has 1 aromatic carbocycles. The van der Waals surface area contributed by atoms with Crippen molar-refractivity contribution in [3.05, 3.63) is 84.1 Å². The van der Waals surface area contributed by atoms with Crippen molar-refractivity contribution in [1.29, 1.82) is 0 Å². The van der Waals surface area contributed by atoms with E-state index in [0.29, 0.717) is 43.1 Å². The maximum absolute atomic E-state index is 13.0. The Balaban J connectivity index is 1.38. The summed E-state index contributed by atoms with van der Waals surface area (Å²) in [6.45, 7) is 0.443. The highest BCUT2D eigenvalue weighted by Crippen LogP contribution is 2.38. The number of pyridine rings is 1. The van der Waals surface area contributed by atoms with Gasteiger partial charge in [0.05, 0.1) is 0 Å². The maximum atomic E-state index is 13.0. The van der Waals surface area contributed by atoms with Gasteiger partial charge >= 0.3 is 5.97 Å². The number of ether oxygens (including phenoxy) is 2. The van der Waals surface area contributed by atoms with Gasteiger partial charge in [-0.05, 0) is 49.2 Å².